The molecule has 0 aromatic carbocycles. The number of hydrogen-bond donors (Lipinski definition) is 0. The van der Waals surface area contributed by atoms with Gasteiger partial charge in [0.15, 0.2) is 0 Å². The van der Waals surface area contributed by atoms with E-state index in [1.807, 2.05) is 6.08 Å². The number of hydrogen-bond acceptors (Lipinski definition) is 1. The molecule has 0 unspecified atom stereocenters. The summed E-state index contributed by atoms with van der Waals surface area (Å²) in [6.45, 7) is 0. The van der Waals surface area contributed by atoms with Gasteiger partial charge in [-0.15, -0.1) is 6.42 Å². The van der Waals surface area contributed by atoms with Gasteiger partial charge < -0.3 is 4.74 Å². The molecule has 1 rings (SSSR count). The average Bonchev–Trinajstić information content (AvgIpc) is 1.90. The third-order valence-corrected chi connectivity index (χ3v) is 1.10. The summed E-state index contributed by atoms with van der Waals surface area (Å²) in [6, 6.07) is 0. The van der Waals surface area contributed by atoms with E-state index in [0.29, 0.717) is 0 Å². The van der Waals surface area contributed by atoms with Gasteiger partial charge in [0.25, 0.3) is 0 Å². The Bertz CT molecular complexity index is 127. The van der Waals surface area contributed by atoms with E-state index < -0.39 is 0 Å². The van der Waals surface area contributed by atoms with Crippen molar-refractivity contribution >= 4 is 0 Å². The molecule has 52 valence electrons. The zero-order chi connectivity index (χ0) is 5.82. The first-order valence-electron chi connectivity index (χ1n) is 2.75. The molecule has 2 heteroatoms. The van der Waals surface area contributed by atoms with Crippen molar-refractivity contribution in [3.05, 3.63) is 24.0 Å². The molecule has 0 saturated carbocycles. The van der Waals surface area contributed by atoms with Gasteiger partial charge in [-0.3, -0.25) is 0 Å². The van der Waals surface area contributed by atoms with Crippen LogP contribution in [0.2, 0.25) is 0 Å². The van der Waals surface area contributed by atoms with E-state index in [1.165, 1.54) is 0 Å². The van der Waals surface area contributed by atoms with Crippen LogP contribution in [0.4, 0.5) is 0 Å². The zero-order valence-corrected chi connectivity index (χ0v) is 6.43. The van der Waals surface area contributed by atoms with Crippen molar-refractivity contribution in [1.29, 1.82) is 0 Å². The Labute approximate surface area is 66.3 Å². The van der Waals surface area contributed by atoms with E-state index in [1.54, 1.807) is 7.11 Å². The van der Waals surface area contributed by atoms with Crippen molar-refractivity contribution < 1.29 is 21.8 Å². The summed E-state index contributed by atoms with van der Waals surface area (Å²) in [5, 5.41) is 0. The van der Waals surface area contributed by atoms with Gasteiger partial charge in [-0.05, 0) is 0 Å². The molecule has 0 aliphatic heterocycles. The van der Waals surface area contributed by atoms with Crippen molar-refractivity contribution in [3.8, 4) is 0 Å². The third kappa shape index (κ3) is 2.73. The molecule has 1 aliphatic rings. The van der Waals surface area contributed by atoms with E-state index in [0.717, 1.165) is 18.6 Å². The van der Waals surface area contributed by atoms with Crippen LogP contribution in [-0.2, 0) is 21.8 Å². The van der Waals surface area contributed by atoms with Gasteiger partial charge in [0.1, 0.15) is 0 Å². The van der Waals surface area contributed by atoms with Gasteiger partial charge in [-0.25, -0.2) is 6.08 Å². The Balaban J connectivity index is 0.000000640. The van der Waals surface area contributed by atoms with Gasteiger partial charge in [-0.1, -0.05) is 12.2 Å². The van der Waals surface area contributed by atoms with Crippen LogP contribution in [0, 0.1) is 6.08 Å². The summed E-state index contributed by atoms with van der Waals surface area (Å²) >= 11 is 0. The fourth-order valence-electron chi connectivity index (χ4n) is 0.668. The average molecular weight is 165 g/mol. The van der Waals surface area contributed by atoms with Crippen molar-refractivity contribution in [2.75, 3.05) is 7.11 Å². The first-order valence-corrected chi connectivity index (χ1v) is 2.75. The molecule has 0 aromatic rings. The summed E-state index contributed by atoms with van der Waals surface area (Å²) in [6.07, 6.45) is 9.22. The van der Waals surface area contributed by atoms with Crippen LogP contribution >= 0.6 is 0 Å². The molecule has 0 aromatic heterocycles. The summed E-state index contributed by atoms with van der Waals surface area (Å²) in [5.41, 5.74) is 0. The molecule has 0 heterocycles. The van der Waals surface area contributed by atoms with Crippen molar-refractivity contribution in [1.82, 2.24) is 0 Å². The van der Waals surface area contributed by atoms with E-state index >= 15 is 0 Å². The maximum Gasteiger partial charge on any atom is 0.0728 e. The Morgan fingerprint density at radius 3 is 2.78 bits per heavy atom. The Morgan fingerprint density at radius 1 is 1.67 bits per heavy atom. The molecule has 0 fully saturated rings. The van der Waals surface area contributed by atoms with Crippen LogP contribution in [0.15, 0.2) is 17.9 Å². The van der Waals surface area contributed by atoms with Crippen molar-refractivity contribution in [3.63, 3.8) is 0 Å². The molecule has 0 spiro atoms. The molecular formula is C7H9FeO-. The molecule has 0 amide bonds. The predicted molar refractivity (Wildman–Crippen MR) is 32.1 cm³/mol. The van der Waals surface area contributed by atoms with E-state index in [4.69, 9.17) is 4.74 Å². The summed E-state index contributed by atoms with van der Waals surface area (Å²) in [5.74, 6) is 0.872. The Morgan fingerprint density at radius 2 is 2.44 bits per heavy atom. The van der Waals surface area contributed by atoms with Crippen LogP contribution in [0.1, 0.15) is 12.8 Å². The minimum atomic E-state index is 0. The quantitative estimate of drug-likeness (QED) is 0.424. The first-order chi connectivity index (χ1) is 3.93. The Hall–Kier alpha value is -0.201. The third-order valence-electron chi connectivity index (χ3n) is 1.10. The molecule has 0 N–H and O–H groups in total. The fourth-order valence-corrected chi connectivity index (χ4v) is 0.668. The Kier molecular flexibility index (Phi) is 4.55. The molecular weight excluding hydrogens is 156 g/mol. The van der Waals surface area contributed by atoms with Crippen molar-refractivity contribution in [2.45, 2.75) is 12.8 Å². The van der Waals surface area contributed by atoms with Gasteiger partial charge >= 0.3 is 0 Å². The minimum absolute atomic E-state index is 0. The SMILES string of the molecule is COC1=[C-]CCC=C1.[Fe]. The van der Waals surface area contributed by atoms with E-state index in [2.05, 4.69) is 12.2 Å². The largest absolute Gasteiger partial charge is 0.535 e. The molecule has 1 aliphatic carbocycles. The van der Waals surface area contributed by atoms with Gasteiger partial charge in [0.2, 0.25) is 0 Å². The second kappa shape index (κ2) is 4.66. The summed E-state index contributed by atoms with van der Waals surface area (Å²) in [7, 11) is 1.66. The van der Waals surface area contributed by atoms with Crippen LogP contribution in [0.5, 0.6) is 0 Å². The number of ether oxygens (including phenoxy) is 1. The summed E-state index contributed by atoms with van der Waals surface area (Å²) in [4.78, 5) is 0. The van der Waals surface area contributed by atoms with Gasteiger partial charge in [0.05, 0.1) is 7.11 Å². The van der Waals surface area contributed by atoms with E-state index in [-0.39, 0.29) is 17.1 Å². The number of rotatable bonds is 1. The molecule has 0 atom stereocenters. The maximum atomic E-state index is 4.91. The van der Waals surface area contributed by atoms with Crippen molar-refractivity contribution in [2.24, 2.45) is 0 Å². The molecule has 0 saturated heterocycles. The predicted octanol–water partition coefficient (Wildman–Crippen LogP) is 1.67. The second-order valence-corrected chi connectivity index (χ2v) is 1.69. The van der Waals surface area contributed by atoms with Gasteiger partial charge in [-0.2, -0.15) is 12.2 Å². The molecule has 0 radical (unpaired) electrons. The van der Waals surface area contributed by atoms with Crippen LogP contribution in [-0.4, -0.2) is 7.11 Å². The number of methoxy groups -OCH3 is 1. The molecule has 9 heavy (non-hydrogen) atoms. The standard InChI is InChI=1S/C7H9O.Fe/c1-8-7-5-3-2-4-6-7;/h3,5H,2,4H2,1H3;/q-1;. The zero-order valence-electron chi connectivity index (χ0n) is 5.33. The van der Waals surface area contributed by atoms with Gasteiger partial charge in [0, 0.05) is 17.1 Å². The van der Waals surface area contributed by atoms with Crippen LogP contribution in [0.3, 0.4) is 0 Å². The minimum Gasteiger partial charge on any atom is -0.535 e. The molecule has 0 bridgehead atoms. The number of allylic oxidation sites excluding steroid dienone is 3. The first kappa shape index (κ1) is 8.80. The summed E-state index contributed by atoms with van der Waals surface area (Å²) < 4.78 is 4.91. The topological polar surface area (TPSA) is 9.23 Å². The maximum absolute atomic E-state index is 4.91. The second-order valence-electron chi connectivity index (χ2n) is 1.69. The smallest absolute Gasteiger partial charge is 0.0728 e. The molecule has 1 nitrogen and oxygen atoms in total. The fraction of sp³-hybridized carbons (Fsp3) is 0.429. The monoisotopic (exact) mass is 165 g/mol. The van der Waals surface area contributed by atoms with E-state index in [9.17, 15) is 0 Å². The van der Waals surface area contributed by atoms with Crippen LogP contribution in [0.25, 0.3) is 0 Å². The van der Waals surface area contributed by atoms with Crippen LogP contribution < -0.4 is 0 Å². The normalized spacial score (nSPS) is 15.9.